The van der Waals surface area contributed by atoms with E-state index >= 15 is 0 Å². The van der Waals surface area contributed by atoms with Crippen molar-refractivity contribution in [1.82, 2.24) is 20.4 Å². The topological polar surface area (TPSA) is 152 Å². The molecule has 11 heteroatoms. The number of ether oxygens (including phenoxy) is 1. The van der Waals surface area contributed by atoms with Gasteiger partial charge in [-0.15, -0.1) is 0 Å². The Morgan fingerprint density at radius 1 is 0.971 bits per heavy atom. The summed E-state index contributed by atoms with van der Waals surface area (Å²) in [5.74, 6) is -2.38. The first-order valence-electron chi connectivity index (χ1n) is 10.8. The second-order valence-corrected chi connectivity index (χ2v) is 7.84. The van der Waals surface area contributed by atoms with Crippen LogP contribution in [0.25, 0.3) is 11.1 Å². The Morgan fingerprint density at radius 3 is 2.23 bits per heavy atom. The van der Waals surface area contributed by atoms with E-state index in [2.05, 4.69) is 21.0 Å². The molecule has 1 heterocycles. The van der Waals surface area contributed by atoms with Crippen molar-refractivity contribution in [1.29, 1.82) is 0 Å². The highest BCUT2D eigenvalue weighted by Crippen LogP contribution is 2.44. The smallest absolute Gasteiger partial charge is 0.412 e. The lowest BCUT2D eigenvalue weighted by Crippen LogP contribution is -2.39. The van der Waals surface area contributed by atoms with Crippen LogP contribution in [-0.4, -0.2) is 58.5 Å². The standard InChI is InChI=1S/C24H23N5O6/c1-29-20(10-19(28-29)23(33)26-11-21(30)25-12-22(31)32)27-24(34)35-13-18-16-8-4-2-6-14(16)15-7-3-5-9-17(15)18/h2-10,18H,11-13H2,1H3,(H,25,30)(H,26,33)(H,27,34)(H,31,32). The SMILES string of the molecule is Cn1nc(C(=O)NCC(=O)NCC(=O)O)cc1NC(=O)OCC1c2ccccc2-c2ccccc21. The van der Waals surface area contributed by atoms with Crippen molar-refractivity contribution in [3.05, 3.63) is 71.4 Å². The summed E-state index contributed by atoms with van der Waals surface area (Å²) >= 11 is 0. The van der Waals surface area contributed by atoms with E-state index in [1.165, 1.54) is 17.8 Å². The first-order valence-corrected chi connectivity index (χ1v) is 10.8. The Morgan fingerprint density at radius 2 is 1.60 bits per heavy atom. The van der Waals surface area contributed by atoms with Gasteiger partial charge in [0.25, 0.3) is 5.91 Å². The van der Waals surface area contributed by atoms with Crippen LogP contribution in [0.2, 0.25) is 0 Å². The predicted molar refractivity (Wildman–Crippen MR) is 125 cm³/mol. The average molecular weight is 477 g/mol. The number of aryl methyl sites for hydroxylation is 1. The highest BCUT2D eigenvalue weighted by molar-refractivity contribution is 5.96. The van der Waals surface area contributed by atoms with Gasteiger partial charge < -0.3 is 20.5 Å². The molecule has 0 radical (unpaired) electrons. The van der Waals surface area contributed by atoms with Crippen LogP contribution in [0.1, 0.15) is 27.5 Å². The van der Waals surface area contributed by atoms with Crippen molar-refractivity contribution in [2.75, 3.05) is 25.0 Å². The minimum Gasteiger partial charge on any atom is -0.480 e. The summed E-state index contributed by atoms with van der Waals surface area (Å²) in [6.45, 7) is -0.833. The number of nitrogens with one attached hydrogen (secondary N) is 3. The first-order chi connectivity index (χ1) is 16.8. The van der Waals surface area contributed by atoms with Crippen molar-refractivity contribution < 1.29 is 29.0 Å². The van der Waals surface area contributed by atoms with Gasteiger partial charge in [0.2, 0.25) is 5.91 Å². The number of hydrogen-bond donors (Lipinski definition) is 4. The fourth-order valence-corrected chi connectivity index (χ4v) is 3.92. The lowest BCUT2D eigenvalue weighted by molar-refractivity contribution is -0.137. The number of anilines is 1. The van der Waals surface area contributed by atoms with E-state index in [0.29, 0.717) is 0 Å². The number of hydrogen-bond acceptors (Lipinski definition) is 6. The van der Waals surface area contributed by atoms with Crippen molar-refractivity contribution in [3.8, 4) is 11.1 Å². The summed E-state index contributed by atoms with van der Waals surface area (Å²) in [5.41, 5.74) is 4.39. The number of amides is 3. The van der Waals surface area contributed by atoms with Crippen molar-refractivity contribution in [2.24, 2.45) is 7.05 Å². The fourth-order valence-electron chi connectivity index (χ4n) is 3.92. The Balaban J connectivity index is 1.34. The Bertz CT molecular complexity index is 1260. The molecule has 0 spiro atoms. The minimum absolute atomic E-state index is 0.0347. The second kappa shape index (κ2) is 10.1. The third kappa shape index (κ3) is 5.29. The Kier molecular flexibility index (Phi) is 6.76. The van der Waals surface area contributed by atoms with Crippen LogP contribution in [0.5, 0.6) is 0 Å². The van der Waals surface area contributed by atoms with E-state index in [0.717, 1.165) is 22.3 Å². The van der Waals surface area contributed by atoms with Gasteiger partial charge in [-0.1, -0.05) is 48.5 Å². The lowest BCUT2D eigenvalue weighted by atomic mass is 9.98. The van der Waals surface area contributed by atoms with E-state index in [4.69, 9.17) is 9.84 Å². The van der Waals surface area contributed by atoms with Gasteiger partial charge >= 0.3 is 12.1 Å². The fraction of sp³-hybridized carbons (Fsp3) is 0.208. The summed E-state index contributed by atoms with van der Waals surface area (Å²) in [7, 11) is 1.54. The predicted octanol–water partition coefficient (Wildman–Crippen LogP) is 1.71. The van der Waals surface area contributed by atoms with E-state index in [-0.39, 0.29) is 24.0 Å². The van der Waals surface area contributed by atoms with Crippen molar-refractivity contribution in [3.63, 3.8) is 0 Å². The van der Waals surface area contributed by atoms with Crippen LogP contribution in [0.4, 0.5) is 10.6 Å². The lowest BCUT2D eigenvalue weighted by Gasteiger charge is -2.14. The van der Waals surface area contributed by atoms with Crippen LogP contribution in [0, 0.1) is 0 Å². The summed E-state index contributed by atoms with van der Waals surface area (Å²) < 4.78 is 6.79. The number of carbonyl (C=O) groups is 4. The molecular weight excluding hydrogens is 454 g/mol. The van der Waals surface area contributed by atoms with Crippen LogP contribution < -0.4 is 16.0 Å². The van der Waals surface area contributed by atoms with Crippen LogP contribution in [0.3, 0.4) is 0 Å². The summed E-state index contributed by atoms with van der Waals surface area (Å²) in [6, 6.07) is 17.3. The zero-order chi connectivity index (χ0) is 24.9. The maximum absolute atomic E-state index is 12.5. The molecule has 3 aromatic rings. The largest absolute Gasteiger partial charge is 0.480 e. The molecule has 0 fully saturated rings. The number of carbonyl (C=O) groups excluding carboxylic acids is 3. The molecular formula is C24H23N5O6. The van der Waals surface area contributed by atoms with Gasteiger partial charge in [-0.25, -0.2) is 4.79 Å². The highest BCUT2D eigenvalue weighted by atomic mass is 16.5. The Labute approximate surface area is 200 Å². The van der Waals surface area contributed by atoms with Gasteiger partial charge in [0.15, 0.2) is 5.69 Å². The van der Waals surface area contributed by atoms with Gasteiger partial charge in [-0.2, -0.15) is 5.10 Å². The number of aromatic nitrogens is 2. The molecule has 3 amide bonds. The molecule has 0 unspecified atom stereocenters. The van der Waals surface area contributed by atoms with Crippen LogP contribution in [-0.2, 0) is 21.4 Å². The van der Waals surface area contributed by atoms with Crippen LogP contribution >= 0.6 is 0 Å². The van der Waals surface area contributed by atoms with Crippen molar-refractivity contribution in [2.45, 2.75) is 5.92 Å². The number of fused-ring (bicyclic) bond motifs is 3. The molecule has 0 saturated carbocycles. The number of carboxylic acids is 1. The number of benzene rings is 2. The molecule has 11 nitrogen and oxygen atoms in total. The molecule has 2 aromatic carbocycles. The molecule has 1 aliphatic rings. The van der Waals surface area contributed by atoms with Gasteiger partial charge in [0.05, 0.1) is 6.54 Å². The van der Waals surface area contributed by atoms with E-state index in [9.17, 15) is 19.2 Å². The number of carboxylic acid groups (broad SMARTS) is 1. The van der Waals surface area contributed by atoms with Crippen LogP contribution in [0.15, 0.2) is 54.6 Å². The normalized spacial score (nSPS) is 11.8. The maximum atomic E-state index is 12.5. The van der Waals surface area contributed by atoms with E-state index in [1.54, 1.807) is 0 Å². The summed E-state index contributed by atoms with van der Waals surface area (Å²) in [6.07, 6.45) is -0.699. The monoisotopic (exact) mass is 477 g/mol. The number of aliphatic carboxylic acids is 1. The van der Waals surface area contributed by atoms with Gasteiger partial charge in [-0.05, 0) is 22.3 Å². The quantitative estimate of drug-likeness (QED) is 0.385. The maximum Gasteiger partial charge on any atom is 0.412 e. The van der Waals surface area contributed by atoms with E-state index in [1.807, 2.05) is 48.5 Å². The number of nitrogens with zero attached hydrogens (tertiary/aromatic N) is 2. The van der Waals surface area contributed by atoms with Crippen molar-refractivity contribution >= 4 is 29.7 Å². The molecule has 0 atom stereocenters. The van der Waals surface area contributed by atoms with Gasteiger partial charge in [0, 0.05) is 19.0 Å². The first kappa shape index (κ1) is 23.5. The average Bonchev–Trinajstić information content (AvgIpc) is 3.37. The third-order valence-electron chi connectivity index (χ3n) is 5.53. The molecule has 0 aliphatic heterocycles. The number of rotatable bonds is 8. The zero-order valence-electron chi connectivity index (χ0n) is 18.8. The second-order valence-electron chi connectivity index (χ2n) is 7.84. The van der Waals surface area contributed by atoms with Gasteiger partial charge in [-0.3, -0.25) is 24.4 Å². The van der Waals surface area contributed by atoms with E-state index < -0.39 is 37.0 Å². The zero-order valence-corrected chi connectivity index (χ0v) is 18.8. The molecule has 180 valence electrons. The molecule has 4 N–H and O–H groups in total. The molecule has 0 bridgehead atoms. The molecule has 1 aliphatic carbocycles. The molecule has 0 saturated heterocycles. The molecule has 4 rings (SSSR count). The third-order valence-corrected chi connectivity index (χ3v) is 5.53. The summed E-state index contributed by atoms with van der Waals surface area (Å²) in [5, 5.41) is 19.6. The van der Waals surface area contributed by atoms with Gasteiger partial charge in [0.1, 0.15) is 19.0 Å². The summed E-state index contributed by atoms with van der Waals surface area (Å²) in [4.78, 5) is 46.7. The minimum atomic E-state index is -1.20. The Hall–Kier alpha value is -4.67. The molecule has 1 aromatic heterocycles. The molecule has 35 heavy (non-hydrogen) atoms. The highest BCUT2D eigenvalue weighted by Gasteiger charge is 2.29.